The zero-order valence-electron chi connectivity index (χ0n) is 14.7. The molecule has 7 heteroatoms. The Balaban J connectivity index is 2.08. The standard InChI is InChI=1S/C17H28N2O4S/c1-13-12-17(14(2)11-16(13)22-3)24(20,21)19-8-5-15(6-9-19)23-10-4-7-18/h11-12,15H,4-10,18H2,1-3H3. The van der Waals surface area contributed by atoms with Crippen LogP contribution in [0.5, 0.6) is 5.75 Å². The smallest absolute Gasteiger partial charge is 0.243 e. The molecule has 1 saturated heterocycles. The average Bonchev–Trinajstić information content (AvgIpc) is 2.57. The Bertz CT molecular complexity index is 653. The van der Waals surface area contributed by atoms with E-state index in [9.17, 15) is 8.42 Å². The van der Waals surface area contributed by atoms with Crippen LogP contribution < -0.4 is 10.5 Å². The molecule has 24 heavy (non-hydrogen) atoms. The molecule has 0 atom stereocenters. The summed E-state index contributed by atoms with van der Waals surface area (Å²) >= 11 is 0. The third kappa shape index (κ3) is 4.27. The predicted octanol–water partition coefficient (Wildman–Crippen LogP) is 1.83. The first-order chi connectivity index (χ1) is 11.4. The number of benzene rings is 1. The van der Waals surface area contributed by atoms with E-state index in [-0.39, 0.29) is 6.10 Å². The molecule has 1 heterocycles. The van der Waals surface area contributed by atoms with Gasteiger partial charge in [-0.2, -0.15) is 4.31 Å². The van der Waals surface area contributed by atoms with Crippen molar-refractivity contribution >= 4 is 10.0 Å². The van der Waals surface area contributed by atoms with E-state index in [2.05, 4.69) is 0 Å². The number of methoxy groups -OCH3 is 1. The summed E-state index contributed by atoms with van der Waals surface area (Å²) in [6.45, 7) is 5.89. The zero-order valence-corrected chi connectivity index (χ0v) is 15.6. The second-order valence-electron chi connectivity index (χ2n) is 6.20. The largest absolute Gasteiger partial charge is 0.496 e. The van der Waals surface area contributed by atoms with E-state index in [1.165, 1.54) is 0 Å². The molecule has 0 amide bonds. The number of rotatable bonds is 7. The molecule has 0 aromatic heterocycles. The number of hydrogen-bond donors (Lipinski definition) is 1. The fourth-order valence-electron chi connectivity index (χ4n) is 2.97. The van der Waals surface area contributed by atoms with Crippen LogP contribution in [-0.4, -0.2) is 52.2 Å². The number of nitrogens with zero attached hydrogens (tertiary/aromatic N) is 1. The molecule has 0 saturated carbocycles. The Labute approximate surface area is 145 Å². The number of nitrogens with two attached hydrogens (primary N) is 1. The van der Waals surface area contributed by atoms with Crippen LogP contribution in [-0.2, 0) is 14.8 Å². The summed E-state index contributed by atoms with van der Waals surface area (Å²) in [5.41, 5.74) is 6.99. The first-order valence-electron chi connectivity index (χ1n) is 8.37. The van der Waals surface area contributed by atoms with Gasteiger partial charge in [-0.1, -0.05) is 0 Å². The lowest BCUT2D eigenvalue weighted by molar-refractivity contribution is 0.0209. The molecular weight excluding hydrogens is 328 g/mol. The first kappa shape index (κ1) is 19.2. The summed E-state index contributed by atoms with van der Waals surface area (Å²) in [7, 11) is -1.90. The quantitative estimate of drug-likeness (QED) is 0.754. The molecular formula is C17H28N2O4S. The Kier molecular flexibility index (Phi) is 6.62. The molecule has 1 fully saturated rings. The van der Waals surface area contributed by atoms with Crippen molar-refractivity contribution in [2.24, 2.45) is 5.73 Å². The number of aryl methyl sites for hydroxylation is 2. The van der Waals surface area contributed by atoms with Gasteiger partial charge in [-0.25, -0.2) is 8.42 Å². The maximum absolute atomic E-state index is 13.0. The van der Waals surface area contributed by atoms with E-state index in [0.717, 1.165) is 24.8 Å². The van der Waals surface area contributed by atoms with E-state index in [1.807, 2.05) is 6.92 Å². The molecule has 6 nitrogen and oxygen atoms in total. The summed E-state index contributed by atoms with van der Waals surface area (Å²) in [5.74, 6) is 0.707. The van der Waals surface area contributed by atoms with Crippen molar-refractivity contribution < 1.29 is 17.9 Å². The molecule has 1 aromatic carbocycles. The van der Waals surface area contributed by atoms with Crippen molar-refractivity contribution in [1.29, 1.82) is 0 Å². The SMILES string of the molecule is COc1cc(C)c(S(=O)(=O)N2CCC(OCCCN)CC2)cc1C. The molecule has 2 rings (SSSR count). The van der Waals surface area contributed by atoms with E-state index < -0.39 is 10.0 Å². The molecule has 0 aliphatic carbocycles. The number of sulfonamides is 1. The Hall–Kier alpha value is -1.15. The first-order valence-corrected chi connectivity index (χ1v) is 9.81. The minimum Gasteiger partial charge on any atom is -0.496 e. The van der Waals surface area contributed by atoms with E-state index in [0.29, 0.717) is 42.4 Å². The van der Waals surface area contributed by atoms with Crippen LogP contribution in [0.15, 0.2) is 17.0 Å². The van der Waals surface area contributed by atoms with Crippen LogP contribution >= 0.6 is 0 Å². The highest BCUT2D eigenvalue weighted by molar-refractivity contribution is 7.89. The van der Waals surface area contributed by atoms with Crippen molar-refractivity contribution in [1.82, 2.24) is 4.31 Å². The molecule has 136 valence electrons. The molecule has 0 radical (unpaired) electrons. The van der Waals surface area contributed by atoms with Crippen LogP contribution in [0.2, 0.25) is 0 Å². The highest BCUT2D eigenvalue weighted by atomic mass is 32.2. The molecule has 0 spiro atoms. The van der Waals surface area contributed by atoms with Crippen LogP contribution in [0.1, 0.15) is 30.4 Å². The van der Waals surface area contributed by atoms with Gasteiger partial charge in [0.2, 0.25) is 10.0 Å². The summed E-state index contributed by atoms with van der Waals surface area (Å²) < 4.78 is 38.5. The average molecular weight is 356 g/mol. The maximum Gasteiger partial charge on any atom is 0.243 e. The van der Waals surface area contributed by atoms with Gasteiger partial charge in [0.1, 0.15) is 5.75 Å². The van der Waals surface area contributed by atoms with Crippen LogP contribution in [0, 0.1) is 13.8 Å². The maximum atomic E-state index is 13.0. The van der Waals surface area contributed by atoms with Crippen LogP contribution in [0.4, 0.5) is 0 Å². The lowest BCUT2D eigenvalue weighted by atomic mass is 10.1. The molecule has 0 unspecified atom stereocenters. The van der Waals surface area contributed by atoms with Gasteiger partial charge in [-0.05, 0) is 62.9 Å². The molecule has 0 bridgehead atoms. The van der Waals surface area contributed by atoms with Crippen LogP contribution in [0.3, 0.4) is 0 Å². The van der Waals surface area contributed by atoms with Gasteiger partial charge in [-0.3, -0.25) is 0 Å². The summed E-state index contributed by atoms with van der Waals surface area (Å²) in [6, 6.07) is 3.48. The van der Waals surface area contributed by atoms with Gasteiger partial charge in [0.05, 0.1) is 18.1 Å². The fraction of sp³-hybridized carbons (Fsp3) is 0.647. The van der Waals surface area contributed by atoms with Gasteiger partial charge in [0, 0.05) is 19.7 Å². The van der Waals surface area contributed by atoms with Gasteiger partial charge >= 0.3 is 0 Å². The topological polar surface area (TPSA) is 81.9 Å². The Morgan fingerprint density at radius 3 is 2.46 bits per heavy atom. The lowest BCUT2D eigenvalue weighted by Crippen LogP contribution is -2.41. The van der Waals surface area contributed by atoms with Gasteiger partial charge < -0.3 is 15.2 Å². The minimum absolute atomic E-state index is 0.127. The number of piperidine rings is 1. The van der Waals surface area contributed by atoms with Gasteiger partial charge in [0.25, 0.3) is 0 Å². The van der Waals surface area contributed by atoms with Crippen molar-refractivity contribution in [3.8, 4) is 5.75 Å². The third-order valence-electron chi connectivity index (χ3n) is 4.41. The Morgan fingerprint density at radius 2 is 1.88 bits per heavy atom. The van der Waals surface area contributed by atoms with Crippen molar-refractivity contribution in [2.75, 3.05) is 33.4 Å². The van der Waals surface area contributed by atoms with Crippen molar-refractivity contribution in [3.63, 3.8) is 0 Å². The molecule has 2 N–H and O–H groups in total. The van der Waals surface area contributed by atoms with Gasteiger partial charge in [-0.15, -0.1) is 0 Å². The highest BCUT2D eigenvalue weighted by Crippen LogP contribution is 2.29. The minimum atomic E-state index is -3.49. The molecule has 1 aliphatic rings. The van der Waals surface area contributed by atoms with Crippen molar-refractivity contribution in [3.05, 3.63) is 23.3 Å². The van der Waals surface area contributed by atoms with Crippen molar-refractivity contribution in [2.45, 2.75) is 44.1 Å². The molecule has 1 aromatic rings. The summed E-state index contributed by atoms with van der Waals surface area (Å²) in [6.07, 6.45) is 2.40. The number of hydrogen-bond acceptors (Lipinski definition) is 5. The second kappa shape index (κ2) is 8.29. The fourth-order valence-corrected chi connectivity index (χ4v) is 4.73. The lowest BCUT2D eigenvalue weighted by Gasteiger charge is -2.31. The van der Waals surface area contributed by atoms with Crippen LogP contribution in [0.25, 0.3) is 0 Å². The Morgan fingerprint density at radius 1 is 1.21 bits per heavy atom. The number of ether oxygens (including phenoxy) is 2. The highest BCUT2D eigenvalue weighted by Gasteiger charge is 2.31. The van der Waals surface area contributed by atoms with Gasteiger partial charge in [0.15, 0.2) is 0 Å². The third-order valence-corrected chi connectivity index (χ3v) is 6.45. The normalized spacial score (nSPS) is 17.2. The zero-order chi connectivity index (χ0) is 17.7. The molecule has 1 aliphatic heterocycles. The second-order valence-corrected chi connectivity index (χ2v) is 8.11. The van der Waals surface area contributed by atoms with E-state index in [4.69, 9.17) is 15.2 Å². The summed E-state index contributed by atoms with van der Waals surface area (Å²) in [5, 5.41) is 0. The predicted molar refractivity (Wildman–Crippen MR) is 93.9 cm³/mol. The van der Waals surface area contributed by atoms with E-state index >= 15 is 0 Å². The summed E-state index contributed by atoms with van der Waals surface area (Å²) in [4.78, 5) is 0.364. The monoisotopic (exact) mass is 356 g/mol. The van der Waals surface area contributed by atoms with E-state index in [1.54, 1.807) is 30.5 Å².